The van der Waals surface area contributed by atoms with Gasteiger partial charge in [0.2, 0.25) is 0 Å². The van der Waals surface area contributed by atoms with Crippen LogP contribution in [0.3, 0.4) is 0 Å². The van der Waals surface area contributed by atoms with Crippen LogP contribution in [0.15, 0.2) is 36.7 Å². The number of hydrogen-bond acceptors (Lipinski definition) is 3. The third-order valence-corrected chi connectivity index (χ3v) is 6.05. The Morgan fingerprint density at radius 2 is 1.89 bits per heavy atom. The fourth-order valence-corrected chi connectivity index (χ4v) is 4.64. The molecule has 1 aromatic carbocycles. The molecule has 144 valence electrons. The van der Waals surface area contributed by atoms with Gasteiger partial charge in [0.15, 0.2) is 0 Å². The van der Waals surface area contributed by atoms with Crippen LogP contribution in [0.5, 0.6) is 0 Å². The first-order valence-electron chi connectivity index (χ1n) is 10.4. The molecular weight excluding hydrogens is 336 g/mol. The highest BCUT2D eigenvalue weighted by atomic mass is 16.1. The van der Waals surface area contributed by atoms with Gasteiger partial charge in [0, 0.05) is 36.6 Å². The number of nitrogens with zero attached hydrogens (tertiary/aromatic N) is 2. The maximum absolute atomic E-state index is 13.0. The lowest BCUT2D eigenvalue weighted by Crippen LogP contribution is -2.51. The Balaban J connectivity index is 1.42. The molecule has 1 saturated carbocycles. The van der Waals surface area contributed by atoms with Crippen molar-refractivity contribution in [2.45, 2.75) is 63.5 Å². The minimum atomic E-state index is 0.00900. The minimum absolute atomic E-state index is 0.00900. The summed E-state index contributed by atoms with van der Waals surface area (Å²) in [5.74, 6) is 0.749. The van der Waals surface area contributed by atoms with Crippen LogP contribution in [0, 0.1) is 0 Å². The number of rotatable bonds is 4. The molecule has 5 heteroatoms. The van der Waals surface area contributed by atoms with Gasteiger partial charge in [-0.2, -0.15) is 0 Å². The fourth-order valence-electron chi connectivity index (χ4n) is 4.64. The van der Waals surface area contributed by atoms with E-state index in [4.69, 9.17) is 0 Å². The monoisotopic (exact) mass is 366 g/mol. The van der Waals surface area contributed by atoms with E-state index in [0.717, 1.165) is 24.4 Å². The zero-order valence-corrected chi connectivity index (χ0v) is 16.0. The molecule has 4 rings (SSSR count). The molecule has 2 aromatic rings. The fraction of sp³-hybridized carbons (Fsp3) is 0.545. The van der Waals surface area contributed by atoms with Gasteiger partial charge in [-0.1, -0.05) is 43.9 Å². The number of carbonyl (C=O) groups excluding carboxylic acids is 1. The summed E-state index contributed by atoms with van der Waals surface area (Å²) >= 11 is 0. The Bertz CT molecular complexity index is 735. The Morgan fingerprint density at radius 3 is 2.67 bits per heavy atom. The summed E-state index contributed by atoms with van der Waals surface area (Å²) in [5.41, 5.74) is 1.55. The van der Waals surface area contributed by atoms with E-state index in [1.165, 1.54) is 51.5 Å². The first-order valence-corrected chi connectivity index (χ1v) is 10.4. The van der Waals surface area contributed by atoms with E-state index in [0.29, 0.717) is 11.6 Å². The lowest BCUT2D eigenvalue weighted by atomic mass is 9.99. The number of likely N-dealkylation sites (tertiary alicyclic amines) is 1. The van der Waals surface area contributed by atoms with E-state index < -0.39 is 0 Å². The third kappa shape index (κ3) is 4.41. The predicted octanol–water partition coefficient (Wildman–Crippen LogP) is 3.99. The van der Waals surface area contributed by atoms with Crippen molar-refractivity contribution in [3.05, 3.63) is 42.2 Å². The smallest absolute Gasteiger partial charge is 0.252 e. The molecule has 2 heterocycles. The summed E-state index contributed by atoms with van der Waals surface area (Å²) in [5, 5.41) is 3.30. The molecule has 0 bridgehead atoms. The number of aromatic nitrogens is 2. The molecule has 0 spiro atoms. The van der Waals surface area contributed by atoms with E-state index in [1.54, 1.807) is 12.4 Å². The van der Waals surface area contributed by atoms with Crippen molar-refractivity contribution in [2.75, 3.05) is 13.1 Å². The normalized spacial score (nSPS) is 22.3. The molecule has 0 radical (unpaired) electrons. The average Bonchev–Trinajstić information content (AvgIpc) is 3.10. The van der Waals surface area contributed by atoms with Crippen LogP contribution in [0.2, 0.25) is 0 Å². The van der Waals surface area contributed by atoms with E-state index in [-0.39, 0.29) is 11.9 Å². The number of aromatic amines is 1. The molecule has 2 N–H and O–H groups in total. The van der Waals surface area contributed by atoms with Gasteiger partial charge in [0.25, 0.3) is 5.91 Å². The molecule has 27 heavy (non-hydrogen) atoms. The van der Waals surface area contributed by atoms with Crippen LogP contribution in [0.4, 0.5) is 0 Å². The van der Waals surface area contributed by atoms with E-state index in [1.807, 2.05) is 24.3 Å². The number of benzene rings is 1. The number of piperidine rings is 1. The summed E-state index contributed by atoms with van der Waals surface area (Å²) in [4.78, 5) is 23.1. The minimum Gasteiger partial charge on any atom is -0.348 e. The highest BCUT2D eigenvalue weighted by molar-refractivity contribution is 6.00. The van der Waals surface area contributed by atoms with Crippen LogP contribution in [0.1, 0.15) is 61.7 Å². The molecule has 2 aliphatic rings. The Kier molecular flexibility index (Phi) is 5.87. The van der Waals surface area contributed by atoms with Gasteiger partial charge in [-0.25, -0.2) is 4.98 Å². The third-order valence-electron chi connectivity index (χ3n) is 6.05. The zero-order chi connectivity index (χ0) is 18.5. The maximum Gasteiger partial charge on any atom is 0.252 e. The van der Waals surface area contributed by atoms with E-state index in [9.17, 15) is 4.79 Å². The molecule has 1 amide bonds. The van der Waals surface area contributed by atoms with Crippen molar-refractivity contribution in [1.29, 1.82) is 0 Å². The Morgan fingerprint density at radius 1 is 1.07 bits per heavy atom. The van der Waals surface area contributed by atoms with Crippen molar-refractivity contribution in [2.24, 2.45) is 0 Å². The summed E-state index contributed by atoms with van der Waals surface area (Å²) in [6.07, 6.45) is 13.9. The van der Waals surface area contributed by atoms with Crippen molar-refractivity contribution in [3.8, 4) is 11.4 Å². The summed E-state index contributed by atoms with van der Waals surface area (Å²) in [6, 6.07) is 8.65. The summed E-state index contributed by atoms with van der Waals surface area (Å²) in [7, 11) is 0. The first kappa shape index (κ1) is 18.2. The number of carbonyl (C=O) groups is 1. The molecule has 1 aromatic heterocycles. The standard InChI is InChI=1S/C22H30N4O/c27-22(20-12-6-5-11-19(20)21-23-13-14-24-21)25-17-8-7-15-26(16-17)18-9-3-1-2-4-10-18/h5-6,11-14,17-18H,1-4,7-10,15-16H2,(H,23,24)(H,25,27). The highest BCUT2D eigenvalue weighted by Gasteiger charge is 2.27. The SMILES string of the molecule is O=C(NC1CCCN(C2CCCCCC2)C1)c1ccccc1-c1ncc[nH]1. The van der Waals surface area contributed by atoms with Gasteiger partial charge in [0.1, 0.15) is 5.82 Å². The van der Waals surface area contributed by atoms with Gasteiger partial charge >= 0.3 is 0 Å². The Hall–Kier alpha value is -2.14. The van der Waals surface area contributed by atoms with E-state index >= 15 is 0 Å². The summed E-state index contributed by atoms with van der Waals surface area (Å²) in [6.45, 7) is 2.17. The topological polar surface area (TPSA) is 61.0 Å². The molecule has 1 saturated heterocycles. The van der Waals surface area contributed by atoms with Gasteiger partial charge in [-0.05, 0) is 38.3 Å². The van der Waals surface area contributed by atoms with Crippen molar-refractivity contribution >= 4 is 5.91 Å². The van der Waals surface area contributed by atoms with Crippen LogP contribution in [-0.2, 0) is 0 Å². The van der Waals surface area contributed by atoms with Crippen LogP contribution in [-0.4, -0.2) is 45.9 Å². The second-order valence-electron chi connectivity index (χ2n) is 7.94. The second kappa shape index (κ2) is 8.70. The molecule has 1 unspecified atom stereocenters. The van der Waals surface area contributed by atoms with Crippen LogP contribution < -0.4 is 5.32 Å². The van der Waals surface area contributed by atoms with Crippen LogP contribution in [0.25, 0.3) is 11.4 Å². The second-order valence-corrected chi connectivity index (χ2v) is 7.94. The van der Waals surface area contributed by atoms with Gasteiger partial charge < -0.3 is 10.3 Å². The zero-order valence-electron chi connectivity index (χ0n) is 16.0. The van der Waals surface area contributed by atoms with E-state index in [2.05, 4.69) is 20.2 Å². The molecular formula is C22H30N4O. The lowest BCUT2D eigenvalue weighted by Gasteiger charge is -2.38. The number of H-pyrrole nitrogens is 1. The maximum atomic E-state index is 13.0. The summed E-state index contributed by atoms with van der Waals surface area (Å²) < 4.78 is 0. The number of amides is 1. The molecule has 2 fully saturated rings. The average molecular weight is 367 g/mol. The quantitative estimate of drug-likeness (QED) is 0.804. The van der Waals surface area contributed by atoms with Gasteiger partial charge in [-0.15, -0.1) is 0 Å². The lowest BCUT2D eigenvalue weighted by molar-refractivity contribution is 0.0861. The predicted molar refractivity (Wildman–Crippen MR) is 108 cm³/mol. The molecule has 1 aliphatic heterocycles. The van der Waals surface area contributed by atoms with Gasteiger partial charge in [-0.3, -0.25) is 9.69 Å². The van der Waals surface area contributed by atoms with Gasteiger partial charge in [0.05, 0.1) is 5.56 Å². The van der Waals surface area contributed by atoms with Crippen molar-refractivity contribution < 1.29 is 4.79 Å². The van der Waals surface area contributed by atoms with Crippen molar-refractivity contribution in [1.82, 2.24) is 20.2 Å². The number of hydrogen-bond donors (Lipinski definition) is 2. The molecule has 1 atom stereocenters. The highest BCUT2D eigenvalue weighted by Crippen LogP contribution is 2.25. The molecule has 1 aliphatic carbocycles. The number of imidazole rings is 1. The van der Waals surface area contributed by atoms with Crippen molar-refractivity contribution in [3.63, 3.8) is 0 Å². The largest absolute Gasteiger partial charge is 0.348 e. The number of nitrogens with one attached hydrogen (secondary N) is 2. The van der Waals surface area contributed by atoms with Crippen LogP contribution >= 0.6 is 0 Å². The first-order chi connectivity index (χ1) is 13.3. The molecule has 5 nitrogen and oxygen atoms in total. The Labute approximate surface area is 161 Å².